The Morgan fingerprint density at radius 3 is 2.79 bits per heavy atom. The molecule has 2 N–H and O–H groups in total. The lowest BCUT2D eigenvalue weighted by atomic mass is 10.1. The number of hydrogen-bond donors (Lipinski definition) is 2. The maximum Gasteiger partial charge on any atom is 0.328 e. The van der Waals surface area contributed by atoms with Gasteiger partial charge in [-0.1, -0.05) is 12.1 Å². The lowest BCUT2D eigenvalue weighted by Gasteiger charge is -2.09. The zero-order valence-electron chi connectivity index (χ0n) is 11.0. The van der Waals surface area contributed by atoms with Crippen molar-refractivity contribution in [2.45, 2.75) is 13.3 Å². The summed E-state index contributed by atoms with van der Waals surface area (Å²) in [6, 6.07) is 5.35. The highest BCUT2D eigenvalue weighted by atomic mass is 16.5. The average Bonchev–Trinajstić information content (AvgIpc) is 2.37. The first kappa shape index (κ1) is 14.9. The van der Waals surface area contributed by atoms with Gasteiger partial charge in [0.15, 0.2) is 0 Å². The molecule has 0 aliphatic rings. The normalized spacial score (nSPS) is 10.6. The molecule has 0 saturated carbocycles. The van der Waals surface area contributed by atoms with Crippen LogP contribution in [0, 0.1) is 6.92 Å². The van der Waals surface area contributed by atoms with Gasteiger partial charge in [-0.2, -0.15) is 0 Å². The third kappa shape index (κ3) is 5.35. The maximum absolute atomic E-state index is 11.6. The third-order valence-electron chi connectivity index (χ3n) is 2.49. The second kappa shape index (κ2) is 7.33. The second-order valence-corrected chi connectivity index (χ2v) is 4.04. The van der Waals surface area contributed by atoms with Crippen LogP contribution in [-0.2, 0) is 14.3 Å². The summed E-state index contributed by atoms with van der Waals surface area (Å²) >= 11 is 0. The van der Waals surface area contributed by atoms with Gasteiger partial charge in [0.2, 0.25) is 5.91 Å². The lowest BCUT2D eigenvalue weighted by Crippen LogP contribution is -2.14. The molecule has 1 amide bonds. The predicted molar refractivity (Wildman–Crippen MR) is 73.0 cm³/mol. The van der Waals surface area contributed by atoms with Gasteiger partial charge in [0.1, 0.15) is 0 Å². The van der Waals surface area contributed by atoms with Crippen molar-refractivity contribution in [2.75, 3.05) is 19.0 Å². The monoisotopic (exact) mass is 263 g/mol. The number of hydrogen-bond acceptors (Lipinski definition) is 3. The fourth-order valence-corrected chi connectivity index (χ4v) is 1.45. The van der Waals surface area contributed by atoms with Gasteiger partial charge in [-0.3, -0.25) is 4.79 Å². The second-order valence-electron chi connectivity index (χ2n) is 4.04. The number of rotatable bonds is 6. The fraction of sp³-hybridized carbons (Fsp3) is 0.286. The number of amides is 1. The van der Waals surface area contributed by atoms with Crippen LogP contribution in [0.1, 0.15) is 17.5 Å². The summed E-state index contributed by atoms with van der Waals surface area (Å²) in [6.45, 7) is 2.24. The summed E-state index contributed by atoms with van der Waals surface area (Å²) in [7, 11) is 1.54. The number of ether oxygens (including phenoxy) is 1. The van der Waals surface area contributed by atoms with Gasteiger partial charge in [-0.25, -0.2) is 4.79 Å². The molecule has 5 nitrogen and oxygen atoms in total. The highest BCUT2D eigenvalue weighted by Gasteiger charge is 2.05. The van der Waals surface area contributed by atoms with Crippen LogP contribution in [0.15, 0.2) is 24.3 Å². The molecule has 0 atom stereocenters. The van der Waals surface area contributed by atoms with Crippen LogP contribution in [0.3, 0.4) is 0 Å². The minimum Gasteiger partial charge on any atom is -0.478 e. The molecule has 0 unspecified atom stereocenters. The number of nitrogens with one attached hydrogen (secondary N) is 1. The van der Waals surface area contributed by atoms with Crippen molar-refractivity contribution < 1.29 is 19.4 Å². The third-order valence-corrected chi connectivity index (χ3v) is 2.49. The maximum atomic E-state index is 11.6. The van der Waals surface area contributed by atoms with E-state index in [1.54, 1.807) is 12.1 Å². The van der Waals surface area contributed by atoms with E-state index in [1.807, 2.05) is 13.0 Å². The summed E-state index contributed by atoms with van der Waals surface area (Å²) in [4.78, 5) is 22.0. The van der Waals surface area contributed by atoms with Crippen LogP contribution in [0.4, 0.5) is 5.69 Å². The molecule has 0 spiro atoms. The number of aryl methyl sites for hydroxylation is 1. The van der Waals surface area contributed by atoms with Crippen LogP contribution >= 0.6 is 0 Å². The van der Waals surface area contributed by atoms with Gasteiger partial charge >= 0.3 is 5.97 Å². The lowest BCUT2D eigenvalue weighted by molar-refractivity contribution is -0.131. The summed E-state index contributed by atoms with van der Waals surface area (Å²) in [6.07, 6.45) is 2.82. The van der Waals surface area contributed by atoms with Crippen LogP contribution in [0.2, 0.25) is 0 Å². The fourth-order valence-electron chi connectivity index (χ4n) is 1.45. The summed E-state index contributed by atoms with van der Waals surface area (Å²) in [5.41, 5.74) is 2.31. The number of anilines is 1. The Labute approximate surface area is 111 Å². The SMILES string of the molecule is COCCC(=O)Nc1cc(/C=C/C(=O)O)ccc1C. The van der Waals surface area contributed by atoms with Crippen LogP contribution in [-0.4, -0.2) is 30.7 Å². The summed E-state index contributed by atoms with van der Waals surface area (Å²) in [5.74, 6) is -1.14. The molecule has 102 valence electrons. The molecular formula is C14H17NO4. The highest BCUT2D eigenvalue weighted by Crippen LogP contribution is 2.18. The largest absolute Gasteiger partial charge is 0.478 e. The first-order valence-electron chi connectivity index (χ1n) is 5.83. The van der Waals surface area contributed by atoms with E-state index < -0.39 is 5.97 Å². The number of carboxylic acids is 1. The molecule has 0 radical (unpaired) electrons. The van der Waals surface area contributed by atoms with E-state index in [9.17, 15) is 9.59 Å². The number of benzene rings is 1. The average molecular weight is 263 g/mol. The molecule has 0 fully saturated rings. The number of carboxylic acid groups (broad SMARTS) is 1. The van der Waals surface area contributed by atoms with Crippen LogP contribution in [0.5, 0.6) is 0 Å². The Morgan fingerprint density at radius 1 is 1.42 bits per heavy atom. The van der Waals surface area contributed by atoms with Crippen molar-refractivity contribution in [1.29, 1.82) is 0 Å². The number of aliphatic carboxylic acids is 1. The van der Waals surface area contributed by atoms with Gasteiger partial charge in [0.05, 0.1) is 13.0 Å². The van der Waals surface area contributed by atoms with Gasteiger partial charge in [0, 0.05) is 18.9 Å². The van der Waals surface area contributed by atoms with Crippen molar-refractivity contribution in [3.8, 4) is 0 Å². The molecule has 0 aliphatic carbocycles. The molecule has 0 heterocycles. The number of carbonyl (C=O) groups is 2. The van der Waals surface area contributed by atoms with Crippen molar-refractivity contribution in [2.24, 2.45) is 0 Å². The van der Waals surface area contributed by atoms with Gasteiger partial charge < -0.3 is 15.2 Å². The molecule has 19 heavy (non-hydrogen) atoms. The summed E-state index contributed by atoms with van der Waals surface area (Å²) < 4.78 is 4.83. The van der Waals surface area contributed by atoms with Gasteiger partial charge in [-0.05, 0) is 30.2 Å². The molecule has 1 aromatic rings. The zero-order chi connectivity index (χ0) is 14.3. The standard InChI is InChI=1S/C14H17NO4/c1-10-3-4-11(5-6-14(17)18)9-12(10)15-13(16)7-8-19-2/h3-6,9H,7-8H2,1-2H3,(H,15,16)(H,17,18)/b6-5+. The Bertz CT molecular complexity index is 494. The van der Waals surface area contributed by atoms with E-state index in [0.717, 1.165) is 17.2 Å². The first-order valence-corrected chi connectivity index (χ1v) is 5.83. The van der Waals surface area contributed by atoms with Crippen molar-refractivity contribution >= 4 is 23.6 Å². The van der Waals surface area contributed by atoms with E-state index in [0.29, 0.717) is 12.3 Å². The smallest absolute Gasteiger partial charge is 0.328 e. The Balaban J connectivity index is 2.79. The molecule has 0 saturated heterocycles. The van der Waals surface area contributed by atoms with E-state index in [2.05, 4.69) is 5.32 Å². The summed E-state index contributed by atoms with van der Waals surface area (Å²) in [5, 5.41) is 11.3. The first-order chi connectivity index (χ1) is 9.02. The topological polar surface area (TPSA) is 75.6 Å². The van der Waals surface area contributed by atoms with Gasteiger partial charge in [-0.15, -0.1) is 0 Å². The van der Waals surface area contributed by atoms with Gasteiger partial charge in [0.25, 0.3) is 0 Å². The Kier molecular flexibility index (Phi) is 5.75. The Morgan fingerprint density at radius 2 is 2.16 bits per heavy atom. The highest BCUT2D eigenvalue weighted by molar-refractivity contribution is 5.92. The van der Waals surface area contributed by atoms with Crippen LogP contribution in [0.25, 0.3) is 6.08 Å². The molecule has 0 aliphatic heterocycles. The zero-order valence-corrected chi connectivity index (χ0v) is 11.0. The number of carbonyl (C=O) groups excluding carboxylic acids is 1. The molecule has 5 heteroatoms. The van der Waals surface area contributed by atoms with Crippen molar-refractivity contribution in [3.63, 3.8) is 0 Å². The quantitative estimate of drug-likeness (QED) is 0.770. The predicted octanol–water partition coefficient (Wildman–Crippen LogP) is 2.07. The molecule has 1 rings (SSSR count). The van der Waals surface area contributed by atoms with Crippen LogP contribution < -0.4 is 5.32 Å². The minimum atomic E-state index is -1.01. The molecule has 1 aromatic carbocycles. The molecule has 0 bridgehead atoms. The Hall–Kier alpha value is -2.14. The van der Waals surface area contributed by atoms with E-state index in [-0.39, 0.29) is 12.3 Å². The number of methoxy groups -OCH3 is 1. The van der Waals surface area contributed by atoms with Crippen molar-refractivity contribution in [3.05, 3.63) is 35.4 Å². The molecule has 0 aromatic heterocycles. The van der Waals surface area contributed by atoms with E-state index in [4.69, 9.17) is 9.84 Å². The minimum absolute atomic E-state index is 0.135. The van der Waals surface area contributed by atoms with E-state index >= 15 is 0 Å². The van der Waals surface area contributed by atoms with E-state index in [1.165, 1.54) is 13.2 Å². The van der Waals surface area contributed by atoms with Crippen molar-refractivity contribution in [1.82, 2.24) is 0 Å². The molecular weight excluding hydrogens is 246 g/mol.